The fourth-order valence-electron chi connectivity index (χ4n) is 2.57. The van der Waals surface area contributed by atoms with Crippen molar-refractivity contribution in [1.82, 2.24) is 41.3 Å². The number of imide groups is 2. The second-order valence-corrected chi connectivity index (χ2v) is 5.82. The summed E-state index contributed by atoms with van der Waals surface area (Å²) in [7, 11) is 0. The van der Waals surface area contributed by atoms with Gasteiger partial charge in [0, 0.05) is 6.54 Å². The fourth-order valence-corrected chi connectivity index (χ4v) is 2.57. The summed E-state index contributed by atoms with van der Waals surface area (Å²) in [6, 6.07) is -3.61. The molecule has 0 spiro atoms. The van der Waals surface area contributed by atoms with Crippen LogP contribution in [0.3, 0.4) is 0 Å². The van der Waals surface area contributed by atoms with Crippen LogP contribution in [0.4, 0.5) is 19.2 Å². The number of rotatable bonds is 8. The van der Waals surface area contributed by atoms with Gasteiger partial charge in [0.1, 0.15) is 13.5 Å². The van der Waals surface area contributed by atoms with Crippen LogP contribution in [-0.2, 0) is 9.59 Å². The molecule has 0 aromatic carbocycles. The molecule has 2 fully saturated rings. The summed E-state index contributed by atoms with van der Waals surface area (Å²) in [5, 5.41) is 28.8. The first-order valence-electron chi connectivity index (χ1n) is 8.40. The van der Waals surface area contributed by atoms with E-state index in [0.717, 1.165) is 4.90 Å². The lowest BCUT2D eigenvalue weighted by Crippen LogP contribution is -2.56. The van der Waals surface area contributed by atoms with Crippen LogP contribution in [0.2, 0.25) is 0 Å². The second kappa shape index (κ2) is 9.52. The highest BCUT2D eigenvalue weighted by Gasteiger charge is 2.45. The lowest BCUT2D eigenvalue weighted by atomic mass is 10.4. The molecule has 0 aliphatic carbocycles. The molecule has 0 aromatic heterocycles. The van der Waals surface area contributed by atoms with E-state index >= 15 is 0 Å². The van der Waals surface area contributed by atoms with Crippen molar-refractivity contribution in [2.45, 2.75) is 12.3 Å². The minimum absolute atomic E-state index is 0.113. The Bertz CT molecular complexity index is 773. The standard InChI is InChI=1S/C14H20N8O8/c1-2-3-20-10(26)8(22(6-24)14(20)30)18-12(28)16-4-15-11(27)17-7-9(25)19-13(29)21(7)5-23/h2,7-8,23-24H,1,3-6H2,(H2,15,17,27)(H2,16,18,28)(H,19,25,29). The highest BCUT2D eigenvalue weighted by atomic mass is 16.3. The molecule has 0 bridgehead atoms. The molecule has 2 aliphatic heterocycles. The van der Waals surface area contributed by atoms with Crippen molar-refractivity contribution in [1.29, 1.82) is 0 Å². The van der Waals surface area contributed by atoms with Gasteiger partial charge in [0.2, 0.25) is 0 Å². The van der Waals surface area contributed by atoms with E-state index in [1.807, 2.05) is 5.32 Å². The number of urea groups is 4. The van der Waals surface area contributed by atoms with Crippen LogP contribution >= 0.6 is 0 Å². The number of nitrogens with one attached hydrogen (secondary N) is 5. The van der Waals surface area contributed by atoms with Gasteiger partial charge in [0.05, 0.1) is 6.67 Å². The minimum atomic E-state index is -1.46. The van der Waals surface area contributed by atoms with E-state index in [1.54, 1.807) is 0 Å². The zero-order valence-corrected chi connectivity index (χ0v) is 15.5. The Morgan fingerprint density at radius 2 is 1.57 bits per heavy atom. The number of hydrogen-bond donors (Lipinski definition) is 7. The first-order chi connectivity index (χ1) is 14.2. The number of amides is 10. The average Bonchev–Trinajstić information content (AvgIpc) is 3.08. The van der Waals surface area contributed by atoms with E-state index in [-0.39, 0.29) is 6.54 Å². The molecule has 16 heteroatoms. The van der Waals surface area contributed by atoms with Crippen molar-refractivity contribution >= 4 is 35.9 Å². The molecular formula is C14H20N8O8. The van der Waals surface area contributed by atoms with Gasteiger partial charge in [-0.05, 0) is 0 Å². The van der Waals surface area contributed by atoms with Crippen LogP contribution in [0.1, 0.15) is 0 Å². The maximum absolute atomic E-state index is 12.2. The van der Waals surface area contributed by atoms with Crippen molar-refractivity contribution in [3.63, 3.8) is 0 Å². The molecule has 30 heavy (non-hydrogen) atoms. The van der Waals surface area contributed by atoms with Gasteiger partial charge >= 0.3 is 24.1 Å². The second-order valence-electron chi connectivity index (χ2n) is 5.82. The third kappa shape index (κ3) is 4.55. The molecule has 2 aliphatic rings. The van der Waals surface area contributed by atoms with Crippen LogP contribution in [-0.4, -0.2) is 99.9 Å². The fraction of sp³-hybridized carbons (Fsp3) is 0.429. The van der Waals surface area contributed by atoms with E-state index in [4.69, 9.17) is 5.11 Å². The van der Waals surface area contributed by atoms with Gasteiger partial charge in [0.15, 0.2) is 12.3 Å². The van der Waals surface area contributed by atoms with Crippen molar-refractivity contribution < 1.29 is 39.0 Å². The molecule has 2 saturated heterocycles. The normalized spacial score (nSPS) is 20.9. The molecule has 0 radical (unpaired) electrons. The number of aliphatic hydroxyl groups excluding tert-OH is 2. The molecule has 0 saturated carbocycles. The first-order valence-corrected chi connectivity index (χ1v) is 8.40. The monoisotopic (exact) mass is 428 g/mol. The first kappa shape index (κ1) is 22.4. The highest BCUT2D eigenvalue weighted by Crippen LogP contribution is 2.15. The van der Waals surface area contributed by atoms with E-state index in [1.165, 1.54) is 6.08 Å². The Morgan fingerprint density at radius 1 is 1.00 bits per heavy atom. The maximum atomic E-state index is 12.2. The Balaban J connectivity index is 1.82. The Kier molecular flexibility index (Phi) is 7.10. The Morgan fingerprint density at radius 3 is 2.10 bits per heavy atom. The quantitative estimate of drug-likeness (QED) is 0.115. The average molecular weight is 428 g/mol. The van der Waals surface area contributed by atoms with E-state index in [9.17, 15) is 33.9 Å². The van der Waals surface area contributed by atoms with Crippen LogP contribution in [0.5, 0.6) is 0 Å². The molecule has 0 aromatic rings. The smallest absolute Gasteiger partial charge is 0.331 e. The SMILES string of the molecule is C=CCN1C(=O)C(NC(=O)NCNC(=O)NC2C(=O)NC(=O)N2CO)N(CO)C1=O. The van der Waals surface area contributed by atoms with Gasteiger partial charge in [-0.15, -0.1) is 6.58 Å². The maximum Gasteiger partial charge on any atom is 0.331 e. The lowest BCUT2D eigenvalue weighted by molar-refractivity contribution is -0.129. The number of aliphatic hydroxyl groups is 2. The van der Waals surface area contributed by atoms with Crippen LogP contribution in [0.15, 0.2) is 12.7 Å². The minimum Gasteiger partial charge on any atom is -0.376 e. The van der Waals surface area contributed by atoms with Gasteiger partial charge in [0.25, 0.3) is 11.8 Å². The van der Waals surface area contributed by atoms with Crippen LogP contribution < -0.4 is 26.6 Å². The molecule has 2 rings (SSSR count). The summed E-state index contributed by atoms with van der Waals surface area (Å²) in [6.45, 7) is 1.18. The van der Waals surface area contributed by atoms with Gasteiger partial charge in [-0.2, -0.15) is 0 Å². The summed E-state index contributed by atoms with van der Waals surface area (Å²) in [5.74, 6) is -1.64. The molecule has 16 nitrogen and oxygen atoms in total. The Labute approximate surface area is 168 Å². The summed E-state index contributed by atoms with van der Waals surface area (Å²) in [6.07, 6.45) is -1.60. The Hall–Kier alpha value is -3.92. The molecule has 2 atom stereocenters. The number of carbonyl (C=O) groups is 6. The third-order valence-corrected chi connectivity index (χ3v) is 3.99. The number of carbonyl (C=O) groups excluding carboxylic acids is 6. The predicted octanol–water partition coefficient (Wildman–Crippen LogP) is -3.90. The molecule has 164 valence electrons. The molecule has 10 amide bonds. The van der Waals surface area contributed by atoms with Gasteiger partial charge in [-0.3, -0.25) is 29.6 Å². The van der Waals surface area contributed by atoms with Crippen molar-refractivity contribution in [3.8, 4) is 0 Å². The van der Waals surface area contributed by atoms with Gasteiger partial charge < -0.3 is 31.5 Å². The topological polar surface area (TPSA) is 213 Å². The zero-order chi connectivity index (χ0) is 22.4. The summed E-state index contributed by atoms with van der Waals surface area (Å²) in [4.78, 5) is 73.0. The largest absolute Gasteiger partial charge is 0.376 e. The van der Waals surface area contributed by atoms with Crippen LogP contribution in [0, 0.1) is 0 Å². The van der Waals surface area contributed by atoms with Crippen molar-refractivity contribution in [3.05, 3.63) is 12.7 Å². The molecule has 7 N–H and O–H groups in total. The molecular weight excluding hydrogens is 408 g/mol. The lowest BCUT2D eigenvalue weighted by Gasteiger charge is -2.21. The van der Waals surface area contributed by atoms with Gasteiger partial charge in [-0.1, -0.05) is 6.08 Å². The predicted molar refractivity (Wildman–Crippen MR) is 94.5 cm³/mol. The van der Waals surface area contributed by atoms with E-state index in [0.29, 0.717) is 9.80 Å². The van der Waals surface area contributed by atoms with Crippen LogP contribution in [0.25, 0.3) is 0 Å². The molecule has 2 unspecified atom stereocenters. The van der Waals surface area contributed by atoms with Gasteiger partial charge in [-0.25, -0.2) is 19.2 Å². The van der Waals surface area contributed by atoms with Crippen molar-refractivity contribution in [2.24, 2.45) is 0 Å². The number of hydrogen-bond acceptors (Lipinski definition) is 8. The summed E-state index contributed by atoms with van der Waals surface area (Å²) < 4.78 is 0. The highest BCUT2D eigenvalue weighted by molar-refractivity contribution is 6.06. The van der Waals surface area contributed by atoms with E-state index < -0.39 is 68.4 Å². The van der Waals surface area contributed by atoms with E-state index in [2.05, 4.69) is 27.8 Å². The summed E-state index contributed by atoms with van der Waals surface area (Å²) in [5.41, 5.74) is 0. The third-order valence-electron chi connectivity index (χ3n) is 3.99. The summed E-state index contributed by atoms with van der Waals surface area (Å²) >= 11 is 0. The number of nitrogens with zero attached hydrogens (tertiary/aromatic N) is 3. The van der Waals surface area contributed by atoms with Crippen molar-refractivity contribution in [2.75, 3.05) is 26.7 Å². The molecule has 2 heterocycles. The zero-order valence-electron chi connectivity index (χ0n) is 15.5.